The molecule has 5 heteroatoms. The molecule has 0 spiro atoms. The Bertz CT molecular complexity index is 599. The van der Waals surface area contributed by atoms with Crippen LogP contribution in [0, 0.1) is 5.92 Å². The highest BCUT2D eigenvalue weighted by Crippen LogP contribution is 2.29. The van der Waals surface area contributed by atoms with E-state index in [1.165, 1.54) is 6.33 Å². The molecule has 0 bridgehead atoms. The molecule has 0 fully saturated rings. The standard InChI is InChI=1S/C15H15N3O2/c19-14-11-5-1-2-6-12(11)15(20)13(14)7-3-4-8-18-10-16-9-17-18/h1-2,5-6,9-10,13H,3-4,7-8H2. The fourth-order valence-corrected chi connectivity index (χ4v) is 2.64. The third-order valence-electron chi connectivity index (χ3n) is 3.69. The summed E-state index contributed by atoms with van der Waals surface area (Å²) in [5.41, 5.74) is 1.16. The zero-order valence-electron chi connectivity index (χ0n) is 11.0. The number of aromatic nitrogens is 3. The summed E-state index contributed by atoms with van der Waals surface area (Å²) in [7, 11) is 0. The Labute approximate surface area is 116 Å². The summed E-state index contributed by atoms with van der Waals surface area (Å²) in [4.78, 5) is 28.2. The minimum absolute atomic E-state index is 0.0219. The lowest BCUT2D eigenvalue weighted by molar-refractivity contribution is 0.0829. The van der Waals surface area contributed by atoms with Gasteiger partial charge in [0.1, 0.15) is 12.7 Å². The van der Waals surface area contributed by atoms with E-state index in [2.05, 4.69) is 10.1 Å². The number of carbonyl (C=O) groups excluding carboxylic acids is 2. The Morgan fingerprint density at radius 2 is 1.75 bits per heavy atom. The van der Waals surface area contributed by atoms with Gasteiger partial charge in [-0.15, -0.1) is 0 Å². The summed E-state index contributed by atoms with van der Waals surface area (Å²) in [5, 5.41) is 4.02. The monoisotopic (exact) mass is 269 g/mol. The van der Waals surface area contributed by atoms with Gasteiger partial charge in [0.2, 0.25) is 0 Å². The first-order chi connectivity index (χ1) is 9.77. The van der Waals surface area contributed by atoms with Gasteiger partial charge in [-0.25, -0.2) is 4.98 Å². The van der Waals surface area contributed by atoms with Crippen molar-refractivity contribution in [1.82, 2.24) is 14.8 Å². The van der Waals surface area contributed by atoms with Gasteiger partial charge in [0.15, 0.2) is 11.6 Å². The molecule has 20 heavy (non-hydrogen) atoms. The molecule has 1 aliphatic rings. The fraction of sp³-hybridized carbons (Fsp3) is 0.333. The Kier molecular flexibility index (Phi) is 3.41. The zero-order chi connectivity index (χ0) is 13.9. The van der Waals surface area contributed by atoms with E-state index >= 15 is 0 Å². The molecule has 0 unspecified atom stereocenters. The second-order valence-corrected chi connectivity index (χ2v) is 4.98. The molecular weight excluding hydrogens is 254 g/mol. The number of Topliss-reactive ketones (excluding diaryl/α,β-unsaturated/α-hetero) is 2. The molecule has 1 aliphatic carbocycles. The zero-order valence-corrected chi connectivity index (χ0v) is 11.0. The molecule has 5 nitrogen and oxygen atoms in total. The van der Waals surface area contributed by atoms with Gasteiger partial charge in [0.05, 0.1) is 5.92 Å². The molecule has 1 aromatic heterocycles. The lowest BCUT2D eigenvalue weighted by Gasteiger charge is -2.06. The van der Waals surface area contributed by atoms with E-state index in [1.807, 2.05) is 0 Å². The third kappa shape index (κ3) is 2.27. The van der Waals surface area contributed by atoms with Gasteiger partial charge >= 0.3 is 0 Å². The van der Waals surface area contributed by atoms with Crippen molar-refractivity contribution in [3.05, 3.63) is 48.0 Å². The molecule has 2 aromatic rings. The Morgan fingerprint density at radius 1 is 1.05 bits per heavy atom. The number of rotatable bonds is 5. The summed E-state index contributed by atoms with van der Waals surface area (Å²) in [6, 6.07) is 7.09. The molecule has 0 N–H and O–H groups in total. The number of unbranched alkanes of at least 4 members (excludes halogenated alkanes) is 1. The van der Waals surface area contributed by atoms with Crippen molar-refractivity contribution in [2.75, 3.05) is 0 Å². The number of hydrogen-bond acceptors (Lipinski definition) is 4. The van der Waals surface area contributed by atoms with Crippen LogP contribution in [0.5, 0.6) is 0 Å². The number of hydrogen-bond donors (Lipinski definition) is 0. The molecule has 0 aliphatic heterocycles. The van der Waals surface area contributed by atoms with Crippen molar-refractivity contribution in [2.45, 2.75) is 25.8 Å². The maximum absolute atomic E-state index is 12.2. The summed E-state index contributed by atoms with van der Waals surface area (Å²) in [6.45, 7) is 0.766. The quantitative estimate of drug-likeness (QED) is 0.616. The summed E-state index contributed by atoms with van der Waals surface area (Å²) < 4.78 is 1.76. The average Bonchev–Trinajstić information content (AvgIpc) is 3.06. The smallest absolute Gasteiger partial charge is 0.174 e. The van der Waals surface area contributed by atoms with E-state index in [4.69, 9.17) is 0 Å². The van der Waals surface area contributed by atoms with E-state index in [0.29, 0.717) is 17.5 Å². The van der Waals surface area contributed by atoms with Gasteiger partial charge in [0, 0.05) is 17.7 Å². The van der Waals surface area contributed by atoms with E-state index in [0.717, 1.165) is 19.4 Å². The van der Waals surface area contributed by atoms with Crippen LogP contribution in [0.1, 0.15) is 40.0 Å². The highest BCUT2D eigenvalue weighted by molar-refractivity contribution is 6.26. The minimum atomic E-state index is -0.483. The molecular formula is C15H15N3O2. The second-order valence-electron chi connectivity index (χ2n) is 4.98. The number of nitrogens with zero attached hydrogens (tertiary/aromatic N) is 3. The summed E-state index contributed by atoms with van der Waals surface area (Å²) in [5.74, 6) is -0.527. The molecule has 0 atom stereocenters. The van der Waals surface area contributed by atoms with E-state index in [9.17, 15) is 9.59 Å². The van der Waals surface area contributed by atoms with Crippen molar-refractivity contribution in [1.29, 1.82) is 0 Å². The van der Waals surface area contributed by atoms with E-state index in [1.54, 1.807) is 35.3 Å². The number of aryl methyl sites for hydroxylation is 1. The minimum Gasteiger partial charge on any atom is -0.293 e. The normalized spacial score (nSPS) is 14.8. The fourth-order valence-electron chi connectivity index (χ4n) is 2.64. The Hall–Kier alpha value is -2.30. The maximum Gasteiger partial charge on any atom is 0.174 e. The number of fused-ring (bicyclic) bond motifs is 1. The van der Waals surface area contributed by atoms with Gasteiger partial charge in [-0.2, -0.15) is 5.10 Å². The van der Waals surface area contributed by atoms with Crippen LogP contribution in [0.2, 0.25) is 0 Å². The summed E-state index contributed by atoms with van der Waals surface area (Å²) in [6.07, 6.45) is 5.50. The molecule has 0 amide bonds. The SMILES string of the molecule is O=C1c2ccccc2C(=O)C1CCCCn1cncn1. The van der Waals surface area contributed by atoms with Crippen LogP contribution in [0.25, 0.3) is 0 Å². The van der Waals surface area contributed by atoms with Crippen molar-refractivity contribution < 1.29 is 9.59 Å². The first-order valence-electron chi connectivity index (χ1n) is 6.77. The molecule has 1 aromatic carbocycles. The van der Waals surface area contributed by atoms with Gasteiger partial charge in [0.25, 0.3) is 0 Å². The first-order valence-corrected chi connectivity index (χ1v) is 6.77. The lowest BCUT2D eigenvalue weighted by atomic mass is 9.97. The van der Waals surface area contributed by atoms with Gasteiger partial charge < -0.3 is 0 Å². The van der Waals surface area contributed by atoms with Gasteiger partial charge in [-0.05, 0) is 12.8 Å². The molecule has 0 radical (unpaired) electrons. The maximum atomic E-state index is 12.2. The Balaban J connectivity index is 1.57. The van der Waals surface area contributed by atoms with Crippen molar-refractivity contribution in [3.8, 4) is 0 Å². The van der Waals surface area contributed by atoms with Crippen LogP contribution in [0.3, 0.4) is 0 Å². The predicted molar refractivity (Wildman–Crippen MR) is 72.5 cm³/mol. The largest absolute Gasteiger partial charge is 0.293 e. The topological polar surface area (TPSA) is 64.8 Å². The van der Waals surface area contributed by atoms with E-state index in [-0.39, 0.29) is 11.6 Å². The number of benzene rings is 1. The molecule has 102 valence electrons. The molecule has 1 heterocycles. The highest BCUT2D eigenvalue weighted by atomic mass is 16.2. The Morgan fingerprint density at radius 3 is 2.35 bits per heavy atom. The van der Waals surface area contributed by atoms with Crippen LogP contribution >= 0.6 is 0 Å². The third-order valence-corrected chi connectivity index (χ3v) is 3.69. The predicted octanol–water partition coefficient (Wildman–Crippen LogP) is 2.14. The lowest BCUT2D eigenvalue weighted by Crippen LogP contribution is -2.15. The van der Waals surface area contributed by atoms with Crippen LogP contribution in [0.4, 0.5) is 0 Å². The number of carbonyl (C=O) groups is 2. The summed E-state index contributed by atoms with van der Waals surface area (Å²) >= 11 is 0. The van der Waals surface area contributed by atoms with E-state index < -0.39 is 5.92 Å². The van der Waals surface area contributed by atoms with Crippen LogP contribution < -0.4 is 0 Å². The molecule has 3 rings (SSSR count). The van der Waals surface area contributed by atoms with Crippen LogP contribution in [-0.2, 0) is 6.54 Å². The molecule has 0 saturated carbocycles. The highest BCUT2D eigenvalue weighted by Gasteiger charge is 2.37. The van der Waals surface area contributed by atoms with Gasteiger partial charge in [-0.1, -0.05) is 30.7 Å². The van der Waals surface area contributed by atoms with Crippen LogP contribution in [-0.4, -0.2) is 26.3 Å². The average molecular weight is 269 g/mol. The van der Waals surface area contributed by atoms with Crippen LogP contribution in [0.15, 0.2) is 36.9 Å². The van der Waals surface area contributed by atoms with Gasteiger partial charge in [-0.3, -0.25) is 14.3 Å². The first kappa shape index (κ1) is 12.7. The van der Waals surface area contributed by atoms with Crippen molar-refractivity contribution >= 4 is 11.6 Å². The molecule has 0 saturated heterocycles. The van der Waals surface area contributed by atoms with Crippen molar-refractivity contribution in [2.24, 2.45) is 5.92 Å². The second kappa shape index (κ2) is 5.36. The van der Waals surface area contributed by atoms with Crippen molar-refractivity contribution in [3.63, 3.8) is 0 Å². The number of ketones is 2.